The zero-order valence-electron chi connectivity index (χ0n) is 11.5. The molecule has 106 valence electrons. The maximum atomic E-state index is 13.5. The number of hydrogen-bond donors (Lipinski definition) is 0. The van der Waals surface area contributed by atoms with Gasteiger partial charge in [-0.25, -0.2) is 4.39 Å². The Bertz CT molecular complexity index is 510. The van der Waals surface area contributed by atoms with Crippen molar-refractivity contribution in [2.45, 2.75) is 38.5 Å². The fourth-order valence-electron chi connectivity index (χ4n) is 2.95. The van der Waals surface area contributed by atoms with Crippen LogP contribution in [0.5, 0.6) is 0 Å². The summed E-state index contributed by atoms with van der Waals surface area (Å²) in [5.41, 5.74) is 2.75. The minimum absolute atomic E-state index is 0.127. The van der Waals surface area contributed by atoms with E-state index in [-0.39, 0.29) is 5.56 Å². The Hall–Kier alpha value is -1.33. The van der Waals surface area contributed by atoms with Gasteiger partial charge in [0.15, 0.2) is 0 Å². The number of nitriles is 1. The lowest BCUT2D eigenvalue weighted by atomic mass is 9.79. The van der Waals surface area contributed by atoms with Crippen molar-refractivity contribution in [3.05, 3.63) is 46.8 Å². The Morgan fingerprint density at radius 2 is 2.05 bits per heavy atom. The molecule has 0 aromatic heterocycles. The van der Waals surface area contributed by atoms with Crippen molar-refractivity contribution in [3.8, 4) is 6.07 Å². The monoisotopic (exact) mass is 291 g/mol. The molecule has 0 radical (unpaired) electrons. The largest absolute Gasteiger partial charge is 0.206 e. The quantitative estimate of drug-likeness (QED) is 0.749. The lowest BCUT2D eigenvalue weighted by molar-refractivity contribution is 0.296. The Labute approximate surface area is 125 Å². The van der Waals surface area contributed by atoms with Gasteiger partial charge in [-0.15, -0.1) is 0 Å². The smallest absolute Gasteiger partial charge is 0.141 e. The number of nitrogens with zero attached hydrogens (tertiary/aromatic N) is 1. The molecule has 0 atom stereocenters. The molecule has 2 rings (SSSR count). The van der Waals surface area contributed by atoms with Gasteiger partial charge >= 0.3 is 0 Å². The molecular weight excluding hydrogens is 273 g/mol. The zero-order chi connectivity index (χ0) is 14.4. The van der Waals surface area contributed by atoms with E-state index in [1.54, 1.807) is 11.6 Å². The van der Waals surface area contributed by atoms with E-state index in [9.17, 15) is 4.39 Å². The molecule has 0 bridgehead atoms. The summed E-state index contributed by atoms with van der Waals surface area (Å²) in [6, 6.07) is 6.79. The third kappa shape index (κ3) is 4.08. The van der Waals surface area contributed by atoms with E-state index >= 15 is 0 Å². The first kappa shape index (κ1) is 15.1. The summed E-state index contributed by atoms with van der Waals surface area (Å²) in [5, 5.41) is 8.71. The molecule has 0 spiro atoms. The second kappa shape index (κ2) is 7.45. The van der Waals surface area contributed by atoms with Crippen molar-refractivity contribution >= 4 is 11.6 Å². The van der Waals surface area contributed by atoms with Crippen LogP contribution in [0.1, 0.15) is 43.2 Å². The summed E-state index contributed by atoms with van der Waals surface area (Å²) >= 11 is 5.61. The molecule has 0 amide bonds. The van der Waals surface area contributed by atoms with Gasteiger partial charge in [0.25, 0.3) is 0 Å². The zero-order valence-corrected chi connectivity index (χ0v) is 12.2. The van der Waals surface area contributed by atoms with Crippen LogP contribution in [0, 0.1) is 29.0 Å². The van der Waals surface area contributed by atoms with E-state index in [1.807, 2.05) is 12.1 Å². The first-order valence-corrected chi connectivity index (χ1v) is 7.62. The van der Waals surface area contributed by atoms with Gasteiger partial charge in [0, 0.05) is 5.54 Å². The molecule has 1 nitrogen and oxygen atoms in total. The maximum absolute atomic E-state index is 13.5. The maximum Gasteiger partial charge on any atom is 0.141 e. The molecule has 1 saturated carbocycles. The third-order valence-corrected chi connectivity index (χ3v) is 4.38. The van der Waals surface area contributed by atoms with Crippen LogP contribution in [0.2, 0.25) is 0 Å². The average Bonchev–Trinajstić information content (AvgIpc) is 2.47. The van der Waals surface area contributed by atoms with Crippen LogP contribution < -0.4 is 0 Å². The van der Waals surface area contributed by atoms with Crippen molar-refractivity contribution in [2.24, 2.45) is 11.8 Å². The van der Waals surface area contributed by atoms with Crippen LogP contribution >= 0.6 is 11.6 Å². The summed E-state index contributed by atoms with van der Waals surface area (Å²) in [5.74, 6) is 0.964. The van der Waals surface area contributed by atoms with E-state index in [2.05, 4.69) is 6.08 Å². The number of hydrogen-bond acceptors (Lipinski definition) is 1. The van der Waals surface area contributed by atoms with E-state index in [0.29, 0.717) is 5.92 Å². The SMILES string of the molecule is N#Cc1ccc(CCC2CCC(/C=C/Cl)CC2)cc1F. The standard InChI is InChI=1S/C17H19ClFN/c18-10-9-14-3-1-13(2-4-14)5-6-15-7-8-16(12-20)17(19)11-15/h7-11,13-14H,1-6H2/b10-9+. The molecule has 0 N–H and O–H groups in total. The first-order valence-electron chi connectivity index (χ1n) is 7.18. The van der Waals surface area contributed by atoms with E-state index in [1.165, 1.54) is 31.7 Å². The van der Waals surface area contributed by atoms with Crippen molar-refractivity contribution in [1.29, 1.82) is 5.26 Å². The molecule has 0 saturated heterocycles. The lowest BCUT2D eigenvalue weighted by Crippen LogP contribution is -2.13. The van der Waals surface area contributed by atoms with Gasteiger partial charge in [0.05, 0.1) is 5.56 Å². The molecule has 3 heteroatoms. The van der Waals surface area contributed by atoms with Gasteiger partial charge in [-0.3, -0.25) is 0 Å². The summed E-state index contributed by atoms with van der Waals surface area (Å²) < 4.78 is 13.5. The fraction of sp³-hybridized carbons (Fsp3) is 0.471. The highest BCUT2D eigenvalue weighted by atomic mass is 35.5. The molecule has 1 aromatic carbocycles. The predicted molar refractivity (Wildman–Crippen MR) is 79.9 cm³/mol. The summed E-state index contributed by atoms with van der Waals surface area (Å²) in [7, 11) is 0. The topological polar surface area (TPSA) is 23.8 Å². The average molecular weight is 292 g/mol. The number of aryl methyl sites for hydroxylation is 1. The van der Waals surface area contributed by atoms with Gasteiger partial charge in [-0.1, -0.05) is 23.7 Å². The minimum Gasteiger partial charge on any atom is -0.206 e. The Morgan fingerprint density at radius 3 is 2.65 bits per heavy atom. The van der Waals surface area contributed by atoms with Crippen LogP contribution in [-0.4, -0.2) is 0 Å². The third-order valence-electron chi connectivity index (χ3n) is 4.23. The van der Waals surface area contributed by atoms with Crippen LogP contribution in [0.25, 0.3) is 0 Å². The normalized spacial score (nSPS) is 22.9. The summed E-state index contributed by atoms with van der Waals surface area (Å²) in [4.78, 5) is 0. The number of benzene rings is 1. The molecule has 1 aliphatic rings. The number of allylic oxidation sites excluding steroid dienone is 1. The van der Waals surface area contributed by atoms with E-state index in [0.717, 1.165) is 24.3 Å². The second-order valence-electron chi connectivity index (χ2n) is 5.56. The highest BCUT2D eigenvalue weighted by Gasteiger charge is 2.19. The molecule has 0 unspecified atom stereocenters. The molecule has 20 heavy (non-hydrogen) atoms. The molecular formula is C17H19ClFN. The predicted octanol–water partition coefficient (Wildman–Crippen LogP) is 5.19. The molecule has 0 heterocycles. The Kier molecular flexibility index (Phi) is 5.61. The Balaban J connectivity index is 1.82. The van der Waals surface area contributed by atoms with E-state index < -0.39 is 5.82 Å². The van der Waals surface area contributed by atoms with Crippen molar-refractivity contribution in [2.75, 3.05) is 0 Å². The van der Waals surface area contributed by atoms with Crippen LogP contribution in [0.3, 0.4) is 0 Å². The molecule has 1 fully saturated rings. The van der Waals surface area contributed by atoms with Crippen LogP contribution in [0.15, 0.2) is 29.8 Å². The summed E-state index contributed by atoms with van der Waals surface area (Å²) in [6.45, 7) is 0. The summed E-state index contributed by atoms with van der Waals surface area (Å²) in [6.07, 6.45) is 8.94. The molecule has 0 aliphatic heterocycles. The number of halogens is 2. The van der Waals surface area contributed by atoms with Gasteiger partial charge in [0.2, 0.25) is 0 Å². The fourth-order valence-corrected chi connectivity index (χ4v) is 3.15. The highest BCUT2D eigenvalue weighted by molar-refractivity contribution is 6.25. The van der Waals surface area contributed by atoms with Crippen molar-refractivity contribution in [3.63, 3.8) is 0 Å². The minimum atomic E-state index is -0.402. The van der Waals surface area contributed by atoms with Gasteiger partial charge in [-0.2, -0.15) is 5.26 Å². The van der Waals surface area contributed by atoms with Crippen LogP contribution in [0.4, 0.5) is 4.39 Å². The van der Waals surface area contributed by atoms with Crippen molar-refractivity contribution in [1.82, 2.24) is 0 Å². The first-order chi connectivity index (χ1) is 9.72. The van der Waals surface area contributed by atoms with Crippen molar-refractivity contribution < 1.29 is 4.39 Å². The lowest BCUT2D eigenvalue weighted by Gasteiger charge is -2.26. The molecule has 1 aromatic rings. The number of rotatable bonds is 4. The van der Waals surface area contributed by atoms with E-state index in [4.69, 9.17) is 16.9 Å². The van der Waals surface area contributed by atoms with Gasteiger partial charge in [-0.05, 0) is 68.1 Å². The van der Waals surface area contributed by atoms with Crippen LogP contribution in [-0.2, 0) is 6.42 Å². The van der Waals surface area contributed by atoms with Gasteiger partial charge < -0.3 is 0 Å². The van der Waals surface area contributed by atoms with Gasteiger partial charge in [0.1, 0.15) is 11.9 Å². The Morgan fingerprint density at radius 1 is 1.30 bits per heavy atom. The highest BCUT2D eigenvalue weighted by Crippen LogP contribution is 2.32. The second-order valence-corrected chi connectivity index (χ2v) is 5.82. The molecule has 1 aliphatic carbocycles.